The van der Waals surface area contributed by atoms with Gasteiger partial charge in [0.05, 0.1) is 11.1 Å². The van der Waals surface area contributed by atoms with E-state index in [1.807, 2.05) is 6.92 Å². The largest absolute Gasteiger partial charge is 0.417 e. The molecule has 0 radical (unpaired) electrons. The zero-order chi connectivity index (χ0) is 16.2. The molecule has 1 aliphatic rings. The van der Waals surface area contributed by atoms with Crippen LogP contribution in [0.25, 0.3) is 0 Å². The van der Waals surface area contributed by atoms with Crippen LogP contribution in [-0.4, -0.2) is 37.0 Å². The van der Waals surface area contributed by atoms with E-state index in [0.717, 1.165) is 32.0 Å². The molecule has 130 valence electrons. The Labute approximate surface area is 140 Å². The van der Waals surface area contributed by atoms with Gasteiger partial charge in [-0.05, 0) is 44.0 Å². The molecule has 7 heteroatoms. The summed E-state index contributed by atoms with van der Waals surface area (Å²) >= 11 is 0. The van der Waals surface area contributed by atoms with Gasteiger partial charge in [0, 0.05) is 13.1 Å². The van der Waals surface area contributed by atoms with Crippen molar-refractivity contribution in [2.75, 3.05) is 26.2 Å². The number of nitrogens with zero attached hydrogens (tertiary/aromatic N) is 1. The monoisotopic (exact) mass is 350 g/mol. The molecule has 1 fully saturated rings. The first-order valence-corrected chi connectivity index (χ1v) is 7.59. The SMILES string of the molecule is CCNCC1CCN(C(=O)c2ccccc2C(F)(F)F)CC1.Cl. The Kier molecular flexibility index (Phi) is 7.35. The predicted octanol–water partition coefficient (Wildman–Crippen LogP) is 3.59. The third kappa shape index (κ3) is 5.11. The zero-order valence-corrected chi connectivity index (χ0v) is 13.8. The van der Waals surface area contributed by atoms with Gasteiger partial charge in [0.2, 0.25) is 0 Å². The van der Waals surface area contributed by atoms with Gasteiger partial charge in [-0.2, -0.15) is 13.2 Å². The van der Waals surface area contributed by atoms with Crippen molar-refractivity contribution in [2.24, 2.45) is 5.92 Å². The van der Waals surface area contributed by atoms with Gasteiger partial charge in [-0.25, -0.2) is 0 Å². The molecule has 3 nitrogen and oxygen atoms in total. The summed E-state index contributed by atoms with van der Waals surface area (Å²) in [5, 5.41) is 3.27. The number of carbonyl (C=O) groups excluding carboxylic acids is 1. The molecule has 0 unspecified atom stereocenters. The summed E-state index contributed by atoms with van der Waals surface area (Å²) < 4.78 is 39.0. The van der Waals surface area contributed by atoms with E-state index >= 15 is 0 Å². The Balaban J connectivity index is 0.00000264. The Morgan fingerprint density at radius 1 is 1.26 bits per heavy atom. The second-order valence-electron chi connectivity index (χ2n) is 5.59. The Hall–Kier alpha value is -1.27. The van der Waals surface area contributed by atoms with Gasteiger partial charge in [0.1, 0.15) is 0 Å². The van der Waals surface area contributed by atoms with Crippen LogP contribution in [-0.2, 0) is 6.18 Å². The number of alkyl halides is 3. The number of piperidine rings is 1. The molecule has 0 saturated carbocycles. The minimum Gasteiger partial charge on any atom is -0.339 e. The van der Waals surface area contributed by atoms with Crippen molar-refractivity contribution in [1.29, 1.82) is 0 Å². The van der Waals surface area contributed by atoms with Gasteiger partial charge < -0.3 is 10.2 Å². The maximum atomic E-state index is 13.0. The molecular formula is C16H22ClF3N2O. The summed E-state index contributed by atoms with van der Waals surface area (Å²) in [6, 6.07) is 5.00. The van der Waals surface area contributed by atoms with Crippen molar-refractivity contribution >= 4 is 18.3 Å². The number of amides is 1. The highest BCUT2D eigenvalue weighted by Gasteiger charge is 2.36. The lowest BCUT2D eigenvalue weighted by Gasteiger charge is -2.32. The molecule has 0 bridgehead atoms. The van der Waals surface area contributed by atoms with Gasteiger partial charge in [-0.1, -0.05) is 19.1 Å². The summed E-state index contributed by atoms with van der Waals surface area (Å²) in [6.07, 6.45) is -2.85. The normalized spacial score (nSPS) is 16.1. The Bertz CT molecular complexity index is 514. The van der Waals surface area contributed by atoms with Crippen molar-refractivity contribution in [2.45, 2.75) is 25.9 Å². The second kappa shape index (κ2) is 8.55. The number of benzene rings is 1. The van der Waals surface area contributed by atoms with Gasteiger partial charge in [0.25, 0.3) is 5.91 Å². The molecule has 0 atom stereocenters. The highest BCUT2D eigenvalue weighted by atomic mass is 35.5. The van der Waals surface area contributed by atoms with Crippen molar-refractivity contribution in [1.82, 2.24) is 10.2 Å². The second-order valence-corrected chi connectivity index (χ2v) is 5.59. The van der Waals surface area contributed by atoms with Gasteiger partial charge >= 0.3 is 6.18 Å². The fourth-order valence-corrected chi connectivity index (χ4v) is 2.78. The summed E-state index contributed by atoms with van der Waals surface area (Å²) in [4.78, 5) is 13.9. The number of rotatable bonds is 4. The first-order valence-electron chi connectivity index (χ1n) is 7.59. The van der Waals surface area contributed by atoms with Crippen LogP contribution in [0.4, 0.5) is 13.2 Å². The maximum absolute atomic E-state index is 13.0. The van der Waals surface area contributed by atoms with Crippen LogP contribution in [0, 0.1) is 5.92 Å². The van der Waals surface area contributed by atoms with E-state index in [-0.39, 0.29) is 18.0 Å². The topological polar surface area (TPSA) is 32.3 Å². The molecule has 0 spiro atoms. The van der Waals surface area contributed by atoms with Crippen molar-refractivity contribution in [3.8, 4) is 0 Å². The van der Waals surface area contributed by atoms with E-state index in [2.05, 4.69) is 5.32 Å². The summed E-state index contributed by atoms with van der Waals surface area (Å²) in [7, 11) is 0. The summed E-state index contributed by atoms with van der Waals surface area (Å²) in [6.45, 7) is 4.87. The number of hydrogen-bond acceptors (Lipinski definition) is 2. The fraction of sp³-hybridized carbons (Fsp3) is 0.562. The number of carbonyl (C=O) groups is 1. The Morgan fingerprint density at radius 3 is 2.43 bits per heavy atom. The molecule has 23 heavy (non-hydrogen) atoms. The zero-order valence-electron chi connectivity index (χ0n) is 13.0. The van der Waals surface area contributed by atoms with E-state index in [1.165, 1.54) is 23.1 Å². The van der Waals surface area contributed by atoms with E-state index in [4.69, 9.17) is 0 Å². The highest BCUT2D eigenvalue weighted by molar-refractivity contribution is 5.96. The van der Waals surface area contributed by atoms with Crippen LogP contribution in [0.5, 0.6) is 0 Å². The summed E-state index contributed by atoms with van der Waals surface area (Å²) in [5.41, 5.74) is -1.10. The maximum Gasteiger partial charge on any atom is 0.417 e. The standard InChI is InChI=1S/C16H21F3N2O.ClH/c1-2-20-11-12-7-9-21(10-8-12)15(22)13-5-3-4-6-14(13)16(17,18)19;/h3-6,12,20H,2,7-11H2,1H3;1H. The molecule has 2 rings (SSSR count). The quantitative estimate of drug-likeness (QED) is 0.900. The number of nitrogens with one attached hydrogen (secondary N) is 1. The lowest BCUT2D eigenvalue weighted by molar-refractivity contribution is -0.138. The van der Waals surface area contributed by atoms with E-state index < -0.39 is 17.6 Å². The lowest BCUT2D eigenvalue weighted by Crippen LogP contribution is -2.41. The van der Waals surface area contributed by atoms with Gasteiger partial charge in [-0.15, -0.1) is 12.4 Å². The molecule has 1 amide bonds. The third-order valence-electron chi connectivity index (χ3n) is 4.05. The average Bonchev–Trinajstić information content (AvgIpc) is 2.52. The average molecular weight is 351 g/mol. The van der Waals surface area contributed by atoms with Crippen LogP contribution in [0.2, 0.25) is 0 Å². The first-order chi connectivity index (χ1) is 10.4. The molecule has 1 heterocycles. The smallest absolute Gasteiger partial charge is 0.339 e. The minimum absolute atomic E-state index is 0. The molecule has 1 N–H and O–H groups in total. The predicted molar refractivity (Wildman–Crippen MR) is 85.9 cm³/mol. The molecule has 1 aromatic carbocycles. The van der Waals surface area contributed by atoms with Crippen LogP contribution in [0.1, 0.15) is 35.7 Å². The number of likely N-dealkylation sites (tertiary alicyclic amines) is 1. The third-order valence-corrected chi connectivity index (χ3v) is 4.05. The van der Waals surface area contributed by atoms with E-state index in [1.54, 1.807) is 0 Å². The molecule has 1 saturated heterocycles. The number of halogens is 4. The lowest BCUT2D eigenvalue weighted by atomic mass is 9.95. The highest BCUT2D eigenvalue weighted by Crippen LogP contribution is 2.32. The van der Waals surface area contributed by atoms with Gasteiger partial charge in [-0.3, -0.25) is 4.79 Å². The molecule has 1 aliphatic heterocycles. The minimum atomic E-state index is -4.50. The van der Waals surface area contributed by atoms with Crippen LogP contribution in [0.3, 0.4) is 0 Å². The molecular weight excluding hydrogens is 329 g/mol. The molecule has 0 aromatic heterocycles. The van der Waals surface area contributed by atoms with E-state index in [9.17, 15) is 18.0 Å². The first kappa shape index (κ1) is 19.8. The van der Waals surface area contributed by atoms with E-state index in [0.29, 0.717) is 19.0 Å². The van der Waals surface area contributed by atoms with Gasteiger partial charge in [0.15, 0.2) is 0 Å². The van der Waals surface area contributed by atoms with Crippen molar-refractivity contribution in [3.63, 3.8) is 0 Å². The number of hydrogen-bond donors (Lipinski definition) is 1. The fourth-order valence-electron chi connectivity index (χ4n) is 2.78. The van der Waals surface area contributed by atoms with Crippen molar-refractivity contribution in [3.05, 3.63) is 35.4 Å². The van der Waals surface area contributed by atoms with Crippen LogP contribution in [0.15, 0.2) is 24.3 Å². The molecule has 0 aliphatic carbocycles. The van der Waals surface area contributed by atoms with Crippen LogP contribution >= 0.6 is 12.4 Å². The molecule has 1 aromatic rings. The van der Waals surface area contributed by atoms with Crippen molar-refractivity contribution < 1.29 is 18.0 Å². The Morgan fingerprint density at radius 2 is 1.87 bits per heavy atom. The summed E-state index contributed by atoms with van der Waals surface area (Å²) in [5.74, 6) is -0.0308. The van der Waals surface area contributed by atoms with Crippen LogP contribution < -0.4 is 5.32 Å².